The fraction of sp³-hybridized carbons (Fsp3) is 0.587. The van der Waals surface area contributed by atoms with E-state index in [1.165, 1.54) is 168 Å². The number of nitrogens with zero attached hydrogens (tertiary/aromatic N) is 3. The number of para-hydroxylation sites is 2. The molecule has 0 amide bonds. The van der Waals surface area contributed by atoms with Crippen molar-refractivity contribution in [3.8, 4) is 0 Å². The summed E-state index contributed by atoms with van der Waals surface area (Å²) in [5.74, 6) is 2.51. The molecule has 7 rings (SSSR count). The minimum absolute atomic E-state index is 0. The van der Waals surface area contributed by atoms with E-state index in [1.54, 1.807) is 0 Å². The van der Waals surface area contributed by atoms with E-state index in [9.17, 15) is 0 Å². The normalized spacial score (nSPS) is 20.1. The summed E-state index contributed by atoms with van der Waals surface area (Å²) in [7, 11) is 0. The molecule has 2 aromatic carbocycles. The van der Waals surface area contributed by atoms with Crippen molar-refractivity contribution in [1.82, 2.24) is 4.98 Å². The molecule has 282 valence electrons. The van der Waals surface area contributed by atoms with Crippen LogP contribution >= 0.6 is 0 Å². The molecule has 52 heavy (non-hydrogen) atoms. The molecule has 0 spiro atoms. The molecule has 0 N–H and O–H groups in total. The summed E-state index contributed by atoms with van der Waals surface area (Å²) in [6.45, 7) is 6.60. The van der Waals surface area contributed by atoms with Crippen molar-refractivity contribution in [2.45, 2.75) is 173 Å². The van der Waals surface area contributed by atoms with Gasteiger partial charge in [-0.3, -0.25) is 9.98 Å². The maximum Gasteiger partial charge on any atom is 2.00 e. The number of benzene rings is 2. The van der Waals surface area contributed by atoms with Gasteiger partial charge in [-0.15, -0.1) is 0 Å². The zero-order valence-corrected chi connectivity index (χ0v) is 34.6. The van der Waals surface area contributed by atoms with Gasteiger partial charge in [0.05, 0.1) is 34.2 Å². The third-order valence-corrected chi connectivity index (χ3v) is 12.6. The van der Waals surface area contributed by atoms with Gasteiger partial charge in [0.25, 0.3) is 0 Å². The standard InChI is InChI=1S/C46H61N3.2ClH.Fe/c1-32-30-43(33(2)47-45-39(35-18-8-4-9-19-35)26-16-27-40(45)36-20-10-5-11-21-36)49-44(31-32)34(3)48-46-41(37-22-12-6-13-23-37)28-17-29-42(46)38-24-14-7-15-25-38;;;/h16-17,26-31,35-38H,4-15,18-25H2,1-3H3;2*1H;/q;;;+2/p-2. The van der Waals surface area contributed by atoms with E-state index in [0.717, 1.165) is 22.8 Å². The van der Waals surface area contributed by atoms with Crippen LogP contribution in [-0.2, 0) is 17.1 Å². The fourth-order valence-corrected chi connectivity index (χ4v) is 9.88. The first-order valence-corrected chi connectivity index (χ1v) is 20.4. The minimum Gasteiger partial charge on any atom is -1.00 e. The summed E-state index contributed by atoms with van der Waals surface area (Å²) in [4.78, 5) is 16.5. The molecule has 4 fully saturated rings. The van der Waals surface area contributed by atoms with Gasteiger partial charge in [0.2, 0.25) is 0 Å². The Kier molecular flexibility index (Phi) is 17.0. The van der Waals surface area contributed by atoms with Gasteiger partial charge in [-0.25, -0.2) is 4.98 Å². The maximum atomic E-state index is 5.57. The zero-order chi connectivity index (χ0) is 33.6. The number of halogens is 2. The average Bonchev–Trinajstić information content (AvgIpc) is 3.16. The van der Waals surface area contributed by atoms with Crippen molar-refractivity contribution in [3.63, 3.8) is 0 Å². The van der Waals surface area contributed by atoms with Crippen LogP contribution in [0.2, 0.25) is 0 Å². The molecule has 0 atom stereocenters. The van der Waals surface area contributed by atoms with Gasteiger partial charge in [0.15, 0.2) is 0 Å². The summed E-state index contributed by atoms with van der Waals surface area (Å²) in [6.07, 6.45) is 26.6. The van der Waals surface area contributed by atoms with Gasteiger partial charge in [-0.05, 0) is 136 Å². The van der Waals surface area contributed by atoms with Crippen LogP contribution in [0.15, 0.2) is 58.5 Å². The Morgan fingerprint density at radius 3 is 1.02 bits per heavy atom. The number of rotatable bonds is 8. The number of pyridine rings is 1. The van der Waals surface area contributed by atoms with Crippen molar-refractivity contribution >= 4 is 22.8 Å². The van der Waals surface area contributed by atoms with Crippen LogP contribution < -0.4 is 24.8 Å². The van der Waals surface area contributed by atoms with Crippen LogP contribution in [0.1, 0.15) is 205 Å². The predicted octanol–water partition coefficient (Wildman–Crippen LogP) is 7.87. The maximum absolute atomic E-state index is 5.57. The Hall–Kier alpha value is -1.97. The van der Waals surface area contributed by atoms with Gasteiger partial charge in [0.1, 0.15) is 0 Å². The molecule has 4 aliphatic carbocycles. The van der Waals surface area contributed by atoms with Crippen LogP contribution in [0.5, 0.6) is 0 Å². The molecule has 1 aromatic heterocycles. The zero-order valence-electron chi connectivity index (χ0n) is 32.0. The first kappa shape index (κ1) is 42.8. The molecule has 0 aliphatic heterocycles. The van der Waals surface area contributed by atoms with Crippen molar-refractivity contribution in [1.29, 1.82) is 0 Å². The van der Waals surface area contributed by atoms with Gasteiger partial charge in [-0.2, -0.15) is 0 Å². The minimum atomic E-state index is 0. The largest absolute Gasteiger partial charge is 2.00 e. The molecular weight excluding hydrogens is 721 g/mol. The van der Waals surface area contributed by atoms with Crippen LogP contribution in [0.4, 0.5) is 11.4 Å². The van der Waals surface area contributed by atoms with E-state index in [0.29, 0.717) is 23.7 Å². The van der Waals surface area contributed by atoms with E-state index in [-0.39, 0.29) is 41.9 Å². The number of hydrogen-bond donors (Lipinski definition) is 0. The van der Waals surface area contributed by atoms with E-state index in [2.05, 4.69) is 69.3 Å². The molecule has 1 heterocycles. The van der Waals surface area contributed by atoms with Gasteiger partial charge < -0.3 is 24.8 Å². The van der Waals surface area contributed by atoms with Crippen molar-refractivity contribution in [2.75, 3.05) is 0 Å². The average molecular weight is 783 g/mol. The van der Waals surface area contributed by atoms with Gasteiger partial charge >= 0.3 is 17.1 Å². The van der Waals surface area contributed by atoms with E-state index < -0.39 is 0 Å². The van der Waals surface area contributed by atoms with Gasteiger partial charge in [0, 0.05) is 0 Å². The van der Waals surface area contributed by atoms with Crippen molar-refractivity contribution < 1.29 is 41.9 Å². The Bertz CT molecular complexity index is 1450. The number of aryl methyl sites for hydroxylation is 1. The summed E-state index contributed by atoms with van der Waals surface area (Å²) >= 11 is 0. The summed E-state index contributed by atoms with van der Waals surface area (Å²) in [6, 6.07) is 18.7. The molecule has 6 heteroatoms. The first-order valence-electron chi connectivity index (χ1n) is 20.4. The van der Waals surface area contributed by atoms with Crippen LogP contribution in [0, 0.1) is 6.92 Å². The monoisotopic (exact) mass is 781 g/mol. The van der Waals surface area contributed by atoms with Crippen molar-refractivity contribution in [2.24, 2.45) is 9.98 Å². The Labute approximate surface area is 338 Å². The second kappa shape index (κ2) is 20.6. The van der Waals surface area contributed by atoms with Crippen LogP contribution in [0.25, 0.3) is 0 Å². The summed E-state index contributed by atoms with van der Waals surface area (Å²) in [5.41, 5.74) is 13.8. The molecule has 3 nitrogen and oxygen atoms in total. The van der Waals surface area contributed by atoms with Crippen LogP contribution in [-0.4, -0.2) is 16.4 Å². The van der Waals surface area contributed by atoms with E-state index in [1.807, 2.05) is 0 Å². The second-order valence-electron chi connectivity index (χ2n) is 16.2. The van der Waals surface area contributed by atoms with Crippen LogP contribution in [0.3, 0.4) is 0 Å². The number of aromatic nitrogens is 1. The number of hydrogen-bond acceptors (Lipinski definition) is 3. The molecular formula is C46H61Cl2FeN3. The Morgan fingerprint density at radius 2 is 0.750 bits per heavy atom. The number of aliphatic imine (C=N–C) groups is 2. The van der Waals surface area contributed by atoms with E-state index in [4.69, 9.17) is 15.0 Å². The molecule has 0 bridgehead atoms. The Balaban J connectivity index is 0.00000202. The molecule has 0 unspecified atom stereocenters. The van der Waals surface area contributed by atoms with Gasteiger partial charge in [-0.1, -0.05) is 113 Å². The third-order valence-electron chi connectivity index (χ3n) is 12.6. The molecule has 4 aliphatic rings. The predicted molar refractivity (Wildman–Crippen MR) is 209 cm³/mol. The SMILES string of the molecule is CC(=Nc1c(C2CCCCC2)cccc1C1CCCCC1)c1cc(C)cc(C(C)=Nc2c(C3CCCCC3)cccc2C2CCCCC2)n1.[Cl-].[Cl-].[Fe+2]. The molecule has 0 saturated heterocycles. The fourth-order valence-electron chi connectivity index (χ4n) is 9.88. The summed E-state index contributed by atoms with van der Waals surface area (Å²) < 4.78 is 0. The summed E-state index contributed by atoms with van der Waals surface area (Å²) in [5, 5.41) is 0. The topological polar surface area (TPSA) is 37.6 Å². The van der Waals surface area contributed by atoms with Crippen molar-refractivity contribution in [3.05, 3.63) is 87.7 Å². The second-order valence-corrected chi connectivity index (χ2v) is 16.2. The van der Waals surface area contributed by atoms with E-state index >= 15 is 0 Å². The molecule has 0 radical (unpaired) electrons. The smallest absolute Gasteiger partial charge is 1.00 e. The first-order chi connectivity index (χ1) is 24.0. The quantitative estimate of drug-likeness (QED) is 0.170. The molecule has 4 saturated carbocycles. The molecule has 3 aromatic rings. The Morgan fingerprint density at radius 1 is 0.481 bits per heavy atom. The third kappa shape index (κ3) is 10.2.